The molecule has 0 saturated heterocycles. The molecule has 0 aliphatic heterocycles. The van der Waals surface area contributed by atoms with Gasteiger partial charge in [-0.05, 0) is 32.4 Å². The molecule has 0 aliphatic carbocycles. The number of alkyl halides is 1. The van der Waals surface area contributed by atoms with Gasteiger partial charge in [0.1, 0.15) is 17.1 Å². The van der Waals surface area contributed by atoms with Crippen molar-refractivity contribution in [3.8, 4) is 5.75 Å². The zero-order valence-electron chi connectivity index (χ0n) is 12.9. The molecule has 0 saturated carbocycles. The summed E-state index contributed by atoms with van der Waals surface area (Å²) < 4.78 is 13.5. The number of nitrogens with zero attached hydrogens (tertiary/aromatic N) is 2. The highest BCUT2D eigenvalue weighted by molar-refractivity contribution is 6.16. The fourth-order valence-electron chi connectivity index (χ4n) is 2.42. The van der Waals surface area contributed by atoms with Crippen LogP contribution in [0.2, 0.25) is 0 Å². The third-order valence-electron chi connectivity index (χ3n) is 3.34. The normalized spacial score (nSPS) is 12.8. The molecule has 1 heterocycles. The smallest absolute Gasteiger partial charge is 0.147 e. The van der Waals surface area contributed by atoms with Crippen LogP contribution >= 0.6 is 11.6 Å². The van der Waals surface area contributed by atoms with Gasteiger partial charge in [0.15, 0.2) is 0 Å². The van der Waals surface area contributed by atoms with Crippen molar-refractivity contribution in [2.45, 2.75) is 39.1 Å². The zero-order valence-corrected chi connectivity index (χ0v) is 13.7. The zero-order chi connectivity index (χ0) is 15.2. The van der Waals surface area contributed by atoms with E-state index in [1.807, 2.05) is 19.1 Å². The lowest BCUT2D eigenvalue weighted by Crippen LogP contribution is -2.14. The lowest BCUT2D eigenvalue weighted by molar-refractivity contribution is 0.119. The summed E-state index contributed by atoms with van der Waals surface area (Å²) in [5.41, 5.74) is 1.93. The molecule has 0 radical (unpaired) electrons. The third kappa shape index (κ3) is 3.50. The number of aromatic nitrogens is 2. The van der Waals surface area contributed by atoms with Gasteiger partial charge in [0, 0.05) is 6.61 Å². The van der Waals surface area contributed by atoms with Crippen LogP contribution in [0.1, 0.15) is 39.1 Å². The van der Waals surface area contributed by atoms with Gasteiger partial charge in [0.2, 0.25) is 0 Å². The maximum atomic E-state index is 6.07. The Morgan fingerprint density at radius 1 is 1.33 bits per heavy atom. The number of imidazole rings is 1. The number of rotatable bonds is 8. The molecular formula is C16H23ClN2O2. The van der Waals surface area contributed by atoms with Crippen LogP contribution < -0.4 is 4.74 Å². The monoisotopic (exact) mass is 310 g/mol. The quantitative estimate of drug-likeness (QED) is 0.687. The molecule has 2 aromatic rings. The van der Waals surface area contributed by atoms with E-state index < -0.39 is 0 Å². The first-order valence-corrected chi connectivity index (χ1v) is 8.02. The molecule has 4 nitrogen and oxygen atoms in total. The molecule has 0 fully saturated rings. The minimum Gasteiger partial charge on any atom is -0.491 e. The van der Waals surface area contributed by atoms with Crippen LogP contribution in [0.25, 0.3) is 11.0 Å². The van der Waals surface area contributed by atoms with Crippen LogP contribution in [-0.2, 0) is 10.6 Å². The molecule has 2 rings (SSSR count). The molecule has 1 unspecified atom stereocenters. The van der Waals surface area contributed by atoms with E-state index in [9.17, 15) is 0 Å². The van der Waals surface area contributed by atoms with Crippen LogP contribution in [0.3, 0.4) is 0 Å². The summed E-state index contributed by atoms with van der Waals surface area (Å²) in [5, 5.41) is 0. The van der Waals surface area contributed by atoms with Crippen molar-refractivity contribution in [1.82, 2.24) is 9.55 Å². The van der Waals surface area contributed by atoms with Gasteiger partial charge < -0.3 is 14.0 Å². The third-order valence-corrected chi connectivity index (χ3v) is 3.58. The van der Waals surface area contributed by atoms with Crippen molar-refractivity contribution >= 4 is 22.6 Å². The number of hydrogen-bond donors (Lipinski definition) is 0. The van der Waals surface area contributed by atoms with Gasteiger partial charge in [-0.15, -0.1) is 11.6 Å². The number of hydrogen-bond acceptors (Lipinski definition) is 3. The maximum absolute atomic E-state index is 6.07. The molecule has 0 spiro atoms. The number of fused-ring (bicyclic) bond motifs is 1. The van der Waals surface area contributed by atoms with E-state index in [2.05, 4.69) is 29.5 Å². The van der Waals surface area contributed by atoms with Gasteiger partial charge >= 0.3 is 0 Å². The molecule has 0 bridgehead atoms. The van der Waals surface area contributed by atoms with Crippen molar-refractivity contribution in [3.05, 3.63) is 24.0 Å². The summed E-state index contributed by atoms with van der Waals surface area (Å²) in [4.78, 5) is 4.66. The summed E-state index contributed by atoms with van der Waals surface area (Å²) in [5.74, 6) is 2.05. The van der Waals surface area contributed by atoms with E-state index in [1.54, 1.807) is 0 Å². The highest BCUT2D eigenvalue weighted by Crippen LogP contribution is 2.29. The topological polar surface area (TPSA) is 36.3 Å². The minimum absolute atomic E-state index is 0.185. The lowest BCUT2D eigenvalue weighted by atomic mass is 10.2. The molecule has 1 aromatic heterocycles. The highest BCUT2D eigenvalue weighted by Gasteiger charge is 2.17. The Balaban J connectivity index is 2.43. The number of ether oxygens (including phenoxy) is 2. The van der Waals surface area contributed by atoms with Crippen molar-refractivity contribution in [2.75, 3.05) is 19.8 Å². The average Bonchev–Trinajstić information content (AvgIpc) is 2.89. The minimum atomic E-state index is 0.185. The van der Waals surface area contributed by atoms with E-state index >= 15 is 0 Å². The summed E-state index contributed by atoms with van der Waals surface area (Å²) in [6, 6.07) is 6.20. The molecule has 116 valence electrons. The molecule has 1 atom stereocenters. The second-order valence-electron chi connectivity index (χ2n) is 5.01. The van der Waals surface area contributed by atoms with E-state index in [-0.39, 0.29) is 6.04 Å². The van der Waals surface area contributed by atoms with Gasteiger partial charge in [0.25, 0.3) is 0 Å². The fourth-order valence-corrected chi connectivity index (χ4v) is 2.61. The first-order valence-electron chi connectivity index (χ1n) is 7.49. The van der Waals surface area contributed by atoms with Crippen LogP contribution in [0.4, 0.5) is 0 Å². The van der Waals surface area contributed by atoms with Crippen molar-refractivity contribution < 1.29 is 9.47 Å². The van der Waals surface area contributed by atoms with Crippen molar-refractivity contribution in [2.24, 2.45) is 0 Å². The van der Waals surface area contributed by atoms with Gasteiger partial charge in [-0.1, -0.05) is 13.0 Å². The number of halogens is 1. The summed E-state index contributed by atoms with van der Waals surface area (Å²) in [6.07, 6.45) is 0.972. The predicted octanol–water partition coefficient (Wildman–Crippen LogP) is 4.16. The van der Waals surface area contributed by atoms with Crippen LogP contribution in [0, 0.1) is 0 Å². The van der Waals surface area contributed by atoms with Gasteiger partial charge in [-0.3, -0.25) is 0 Å². The van der Waals surface area contributed by atoms with E-state index in [1.165, 1.54) is 0 Å². The lowest BCUT2D eigenvalue weighted by Gasteiger charge is -2.16. The Hall–Kier alpha value is -1.26. The van der Waals surface area contributed by atoms with Crippen LogP contribution in [-0.4, -0.2) is 29.4 Å². The second-order valence-corrected chi connectivity index (χ2v) is 5.28. The standard InChI is InChI=1S/C16H23ClN2O2/c1-4-9-21-14-8-6-7-13-16(14)18-15(10-17)19(13)12(3)11-20-5-2/h6-8,12H,4-5,9-11H2,1-3H3. The Bertz CT molecular complexity index is 583. The second kappa shape index (κ2) is 7.66. The van der Waals surface area contributed by atoms with E-state index in [0.29, 0.717) is 25.7 Å². The van der Waals surface area contributed by atoms with Crippen molar-refractivity contribution in [1.29, 1.82) is 0 Å². The van der Waals surface area contributed by atoms with Gasteiger partial charge in [-0.2, -0.15) is 0 Å². The van der Waals surface area contributed by atoms with Crippen LogP contribution in [0.15, 0.2) is 18.2 Å². The predicted molar refractivity (Wildman–Crippen MR) is 86.3 cm³/mol. The SMILES string of the molecule is CCCOc1cccc2c1nc(CCl)n2C(C)COCC. The Morgan fingerprint density at radius 2 is 2.14 bits per heavy atom. The average molecular weight is 311 g/mol. The van der Waals surface area contributed by atoms with E-state index in [4.69, 9.17) is 21.1 Å². The summed E-state index contributed by atoms with van der Waals surface area (Å²) in [7, 11) is 0. The molecule has 5 heteroatoms. The Morgan fingerprint density at radius 3 is 2.81 bits per heavy atom. The maximum Gasteiger partial charge on any atom is 0.147 e. The van der Waals surface area contributed by atoms with E-state index in [0.717, 1.165) is 29.0 Å². The first kappa shape index (κ1) is 16.1. The molecule has 0 aliphatic rings. The molecule has 0 amide bonds. The van der Waals surface area contributed by atoms with Gasteiger partial charge in [-0.25, -0.2) is 4.98 Å². The largest absolute Gasteiger partial charge is 0.491 e. The molecule has 0 N–H and O–H groups in total. The Kier molecular flexibility index (Phi) is 5.88. The number of benzene rings is 1. The fraction of sp³-hybridized carbons (Fsp3) is 0.562. The molecule has 21 heavy (non-hydrogen) atoms. The van der Waals surface area contributed by atoms with Gasteiger partial charge in [0.05, 0.1) is 30.7 Å². The summed E-state index contributed by atoms with van der Waals surface area (Å²) >= 11 is 6.07. The van der Waals surface area contributed by atoms with Crippen molar-refractivity contribution in [3.63, 3.8) is 0 Å². The number of para-hydroxylation sites is 1. The highest BCUT2D eigenvalue weighted by atomic mass is 35.5. The summed E-state index contributed by atoms with van der Waals surface area (Å²) in [6.45, 7) is 8.25. The molecule has 1 aromatic carbocycles. The Labute approximate surface area is 131 Å². The van der Waals surface area contributed by atoms with Crippen LogP contribution in [0.5, 0.6) is 5.75 Å². The molecular weight excluding hydrogens is 288 g/mol. The first-order chi connectivity index (χ1) is 10.2.